The predicted octanol–water partition coefficient (Wildman–Crippen LogP) is 4.18. The third-order valence-electron chi connectivity index (χ3n) is 4.04. The van der Waals surface area contributed by atoms with Crippen LogP contribution in [0.3, 0.4) is 0 Å². The highest BCUT2D eigenvalue weighted by Crippen LogP contribution is 2.35. The molecule has 2 aromatic carbocycles. The molecule has 2 aromatic heterocycles. The SMILES string of the molecule is COc1ccc(Nc2ncnc3onc(-c4ccc(F)cc4)c23)cc1OC. The summed E-state index contributed by atoms with van der Waals surface area (Å²) in [5, 5.41) is 7.89. The van der Waals surface area contributed by atoms with E-state index in [0.29, 0.717) is 39.7 Å². The van der Waals surface area contributed by atoms with Crippen LogP contribution >= 0.6 is 0 Å². The van der Waals surface area contributed by atoms with E-state index >= 15 is 0 Å². The van der Waals surface area contributed by atoms with Gasteiger partial charge in [-0.2, -0.15) is 4.98 Å². The molecule has 0 saturated heterocycles. The second-order valence-corrected chi connectivity index (χ2v) is 5.64. The van der Waals surface area contributed by atoms with Crippen LogP contribution < -0.4 is 14.8 Å². The van der Waals surface area contributed by atoms with Gasteiger partial charge in [-0.1, -0.05) is 5.16 Å². The minimum absolute atomic E-state index is 0.326. The fourth-order valence-electron chi connectivity index (χ4n) is 2.74. The Labute approximate surface area is 153 Å². The highest BCUT2D eigenvalue weighted by molar-refractivity contribution is 5.98. The van der Waals surface area contributed by atoms with Gasteiger partial charge in [0.15, 0.2) is 11.5 Å². The second kappa shape index (κ2) is 6.91. The molecule has 136 valence electrons. The van der Waals surface area contributed by atoms with Gasteiger partial charge in [-0.05, 0) is 36.4 Å². The number of methoxy groups -OCH3 is 2. The van der Waals surface area contributed by atoms with E-state index in [1.165, 1.54) is 18.5 Å². The fraction of sp³-hybridized carbons (Fsp3) is 0.105. The first-order valence-electron chi connectivity index (χ1n) is 8.05. The first-order chi connectivity index (χ1) is 13.2. The number of anilines is 2. The van der Waals surface area contributed by atoms with Crippen molar-refractivity contribution in [2.24, 2.45) is 0 Å². The number of ether oxygens (including phenoxy) is 2. The maximum atomic E-state index is 13.2. The van der Waals surface area contributed by atoms with Gasteiger partial charge in [0.2, 0.25) is 0 Å². The van der Waals surface area contributed by atoms with Crippen LogP contribution in [0.1, 0.15) is 0 Å². The number of halogens is 1. The van der Waals surface area contributed by atoms with Crippen LogP contribution in [-0.2, 0) is 0 Å². The highest BCUT2D eigenvalue weighted by atomic mass is 19.1. The minimum atomic E-state index is -0.327. The Balaban J connectivity index is 1.78. The van der Waals surface area contributed by atoms with E-state index in [-0.39, 0.29) is 5.82 Å². The molecule has 0 aliphatic rings. The van der Waals surface area contributed by atoms with E-state index in [9.17, 15) is 4.39 Å². The topological polar surface area (TPSA) is 82.3 Å². The molecule has 0 bridgehead atoms. The summed E-state index contributed by atoms with van der Waals surface area (Å²) >= 11 is 0. The summed E-state index contributed by atoms with van der Waals surface area (Å²) < 4.78 is 29.1. The standard InChI is InChI=1S/C19H15FN4O3/c1-25-14-8-7-13(9-15(14)26-2)23-18-16-17(11-3-5-12(20)6-4-11)24-27-19(16)22-10-21-18/h3-10H,1-2H3,(H,21,22,23). The van der Waals surface area contributed by atoms with Gasteiger partial charge in [-0.3, -0.25) is 0 Å². The van der Waals surface area contributed by atoms with Gasteiger partial charge in [0.1, 0.15) is 29.0 Å². The zero-order valence-corrected chi connectivity index (χ0v) is 14.6. The molecule has 0 unspecified atom stereocenters. The number of aromatic nitrogens is 3. The third-order valence-corrected chi connectivity index (χ3v) is 4.04. The van der Waals surface area contributed by atoms with Crippen molar-refractivity contribution >= 4 is 22.6 Å². The molecule has 0 saturated carbocycles. The molecule has 0 spiro atoms. The quantitative estimate of drug-likeness (QED) is 0.567. The summed E-state index contributed by atoms with van der Waals surface area (Å²) in [5.74, 6) is 1.38. The summed E-state index contributed by atoms with van der Waals surface area (Å²) in [7, 11) is 3.14. The van der Waals surface area contributed by atoms with Crippen LogP contribution in [0.4, 0.5) is 15.9 Å². The molecule has 0 atom stereocenters. The van der Waals surface area contributed by atoms with Crippen molar-refractivity contribution in [2.45, 2.75) is 0 Å². The van der Waals surface area contributed by atoms with Crippen LogP contribution in [0.5, 0.6) is 11.5 Å². The molecule has 27 heavy (non-hydrogen) atoms. The lowest BCUT2D eigenvalue weighted by molar-refractivity contribution is 0.355. The van der Waals surface area contributed by atoms with Gasteiger partial charge in [-0.15, -0.1) is 0 Å². The average molecular weight is 366 g/mol. The molecular weight excluding hydrogens is 351 g/mol. The Kier molecular flexibility index (Phi) is 4.29. The summed E-state index contributed by atoms with van der Waals surface area (Å²) in [6.45, 7) is 0. The van der Waals surface area contributed by atoms with E-state index < -0.39 is 0 Å². The van der Waals surface area contributed by atoms with Gasteiger partial charge in [0.25, 0.3) is 5.71 Å². The van der Waals surface area contributed by atoms with Crippen molar-refractivity contribution in [3.8, 4) is 22.8 Å². The molecule has 8 heteroatoms. The maximum absolute atomic E-state index is 13.2. The number of nitrogens with one attached hydrogen (secondary N) is 1. The third kappa shape index (κ3) is 3.12. The lowest BCUT2D eigenvalue weighted by Gasteiger charge is -2.11. The number of benzene rings is 2. The molecular formula is C19H15FN4O3. The first-order valence-corrected chi connectivity index (χ1v) is 8.05. The van der Waals surface area contributed by atoms with E-state index in [1.807, 2.05) is 6.07 Å². The first kappa shape index (κ1) is 16.8. The van der Waals surface area contributed by atoms with Crippen LogP contribution in [0, 0.1) is 5.82 Å². The van der Waals surface area contributed by atoms with Gasteiger partial charge in [0.05, 0.1) is 14.2 Å². The van der Waals surface area contributed by atoms with Gasteiger partial charge in [0, 0.05) is 17.3 Å². The van der Waals surface area contributed by atoms with Crippen molar-refractivity contribution in [1.82, 2.24) is 15.1 Å². The predicted molar refractivity (Wildman–Crippen MR) is 97.8 cm³/mol. The Hall–Kier alpha value is -3.68. The summed E-state index contributed by atoms with van der Waals surface area (Å²) in [5.41, 5.74) is 2.28. The van der Waals surface area contributed by atoms with Crippen LogP contribution in [0.15, 0.2) is 53.3 Å². The molecule has 4 aromatic rings. The number of hydrogen-bond acceptors (Lipinski definition) is 7. The molecule has 0 amide bonds. The summed E-state index contributed by atoms with van der Waals surface area (Å²) in [6.07, 6.45) is 1.38. The smallest absolute Gasteiger partial charge is 0.263 e. The van der Waals surface area contributed by atoms with E-state index in [2.05, 4.69) is 20.4 Å². The van der Waals surface area contributed by atoms with Crippen molar-refractivity contribution in [2.75, 3.05) is 19.5 Å². The van der Waals surface area contributed by atoms with Gasteiger partial charge in [-0.25, -0.2) is 9.37 Å². The van der Waals surface area contributed by atoms with Crippen molar-refractivity contribution in [1.29, 1.82) is 0 Å². The van der Waals surface area contributed by atoms with Gasteiger partial charge < -0.3 is 19.3 Å². The maximum Gasteiger partial charge on any atom is 0.263 e. The normalized spacial score (nSPS) is 10.8. The van der Waals surface area contributed by atoms with Crippen LogP contribution in [0.25, 0.3) is 22.4 Å². The zero-order valence-electron chi connectivity index (χ0n) is 14.6. The molecule has 7 nitrogen and oxygen atoms in total. The highest BCUT2D eigenvalue weighted by Gasteiger charge is 2.17. The molecule has 0 aliphatic carbocycles. The monoisotopic (exact) mass is 366 g/mol. The Morgan fingerprint density at radius 2 is 1.74 bits per heavy atom. The number of hydrogen-bond donors (Lipinski definition) is 1. The van der Waals surface area contributed by atoms with Gasteiger partial charge >= 0.3 is 0 Å². The minimum Gasteiger partial charge on any atom is -0.493 e. The molecule has 2 heterocycles. The fourth-order valence-corrected chi connectivity index (χ4v) is 2.74. The molecule has 1 N–H and O–H groups in total. The Bertz CT molecular complexity index is 1100. The average Bonchev–Trinajstić information content (AvgIpc) is 3.13. The lowest BCUT2D eigenvalue weighted by atomic mass is 10.1. The van der Waals surface area contributed by atoms with Crippen molar-refractivity contribution in [3.05, 3.63) is 54.6 Å². The Morgan fingerprint density at radius 3 is 2.48 bits per heavy atom. The number of rotatable bonds is 5. The summed E-state index contributed by atoms with van der Waals surface area (Å²) in [6, 6.07) is 11.4. The van der Waals surface area contributed by atoms with Crippen LogP contribution in [-0.4, -0.2) is 29.3 Å². The molecule has 4 rings (SSSR count). The Morgan fingerprint density at radius 1 is 0.963 bits per heavy atom. The molecule has 0 fully saturated rings. The van der Waals surface area contributed by atoms with E-state index in [1.54, 1.807) is 38.5 Å². The van der Waals surface area contributed by atoms with Crippen molar-refractivity contribution < 1.29 is 18.4 Å². The molecule has 0 radical (unpaired) electrons. The van der Waals surface area contributed by atoms with Crippen LogP contribution in [0.2, 0.25) is 0 Å². The number of nitrogens with zero attached hydrogens (tertiary/aromatic N) is 3. The largest absolute Gasteiger partial charge is 0.493 e. The number of fused-ring (bicyclic) bond motifs is 1. The second-order valence-electron chi connectivity index (χ2n) is 5.64. The zero-order chi connectivity index (χ0) is 18.8. The molecule has 0 aliphatic heterocycles. The van der Waals surface area contributed by atoms with Crippen molar-refractivity contribution in [3.63, 3.8) is 0 Å². The van der Waals surface area contributed by atoms with E-state index in [4.69, 9.17) is 14.0 Å². The van der Waals surface area contributed by atoms with E-state index in [0.717, 1.165) is 5.69 Å². The summed E-state index contributed by atoms with van der Waals surface area (Å²) in [4.78, 5) is 8.42. The lowest BCUT2D eigenvalue weighted by Crippen LogP contribution is -1.97.